The number of benzene rings is 4. The third-order valence-electron chi connectivity index (χ3n) is 8.15. The zero-order valence-corrected chi connectivity index (χ0v) is 32.5. The van der Waals surface area contributed by atoms with Gasteiger partial charge in [0.2, 0.25) is 0 Å². The van der Waals surface area contributed by atoms with Crippen molar-refractivity contribution < 1.29 is 44.0 Å². The molecule has 294 valence electrons. The zero-order valence-electron chi connectivity index (χ0n) is 31.0. The van der Waals surface area contributed by atoms with Crippen molar-refractivity contribution in [3.63, 3.8) is 0 Å². The molecule has 4 aromatic carbocycles. The Morgan fingerprint density at radius 3 is 1.67 bits per heavy atom. The van der Waals surface area contributed by atoms with E-state index in [9.17, 15) is 29.4 Å². The second-order valence-electron chi connectivity index (χ2n) is 13.3. The van der Waals surface area contributed by atoms with Crippen LogP contribution in [0.5, 0.6) is 0 Å². The van der Waals surface area contributed by atoms with Gasteiger partial charge in [-0.05, 0) is 89.8 Å². The smallest absolute Gasteiger partial charge is 0.396 e. The van der Waals surface area contributed by atoms with Crippen molar-refractivity contribution in [2.75, 3.05) is 13.2 Å². The third kappa shape index (κ3) is 15.8. The van der Waals surface area contributed by atoms with E-state index in [1.54, 1.807) is 13.0 Å². The monoisotopic (exact) mass is 794 g/mol. The first-order chi connectivity index (χ1) is 26.1. The van der Waals surface area contributed by atoms with Gasteiger partial charge in [0.05, 0.1) is 13.2 Å². The molecule has 0 aliphatic rings. The zero-order chi connectivity index (χ0) is 40.5. The summed E-state index contributed by atoms with van der Waals surface area (Å²) in [7, 11) is 0. The quantitative estimate of drug-likeness (QED) is 0.0641. The van der Waals surface area contributed by atoms with E-state index in [0.29, 0.717) is 16.5 Å². The lowest BCUT2D eigenvalue weighted by Gasteiger charge is -2.20. The first-order valence-corrected chi connectivity index (χ1v) is 18.6. The van der Waals surface area contributed by atoms with Crippen LogP contribution >= 0.6 is 23.2 Å². The van der Waals surface area contributed by atoms with E-state index in [0.717, 1.165) is 33.4 Å². The lowest BCUT2D eigenvalue weighted by Crippen LogP contribution is -2.44. The minimum atomic E-state index is -1.68. The van der Waals surface area contributed by atoms with Crippen molar-refractivity contribution in [1.82, 2.24) is 5.32 Å². The topological polar surface area (TPSA) is 185 Å². The molecule has 0 aliphatic carbocycles. The van der Waals surface area contributed by atoms with Crippen molar-refractivity contribution in [1.29, 1.82) is 0 Å². The van der Waals surface area contributed by atoms with Crippen LogP contribution < -0.4 is 11.1 Å². The van der Waals surface area contributed by atoms with Crippen LogP contribution in [0.25, 0.3) is 22.3 Å². The van der Waals surface area contributed by atoms with Crippen LogP contribution in [0, 0.1) is 5.92 Å². The van der Waals surface area contributed by atoms with Crippen LogP contribution in [-0.4, -0.2) is 76.6 Å². The van der Waals surface area contributed by atoms with Crippen molar-refractivity contribution in [3.05, 3.63) is 118 Å². The number of halogens is 2. The van der Waals surface area contributed by atoms with Crippen LogP contribution in [0.3, 0.4) is 0 Å². The molecule has 4 rings (SSSR count). The van der Waals surface area contributed by atoms with Gasteiger partial charge in [0.25, 0.3) is 0 Å². The summed E-state index contributed by atoms with van der Waals surface area (Å²) in [4.78, 5) is 46.5. The molecule has 13 heteroatoms. The average Bonchev–Trinajstić information content (AvgIpc) is 3.14. The number of aliphatic hydroxyl groups is 2. The molecule has 0 fully saturated rings. The summed E-state index contributed by atoms with van der Waals surface area (Å²) < 4.78 is 9.68. The molecule has 0 saturated heterocycles. The van der Waals surface area contributed by atoms with Crippen LogP contribution in [0.2, 0.25) is 10.0 Å². The van der Waals surface area contributed by atoms with Gasteiger partial charge in [-0.3, -0.25) is 4.79 Å². The molecular formula is C42H48Cl2N2O9. The number of carbonyl (C=O) groups excluding carboxylic acids is 3. The Hall–Kier alpha value is -4.78. The summed E-state index contributed by atoms with van der Waals surface area (Å²) in [5, 5.41) is 32.3. The molecule has 0 aromatic heterocycles. The number of carboxylic acid groups (broad SMARTS) is 1. The summed E-state index contributed by atoms with van der Waals surface area (Å²) in [6, 6.07) is 29.4. The van der Waals surface area contributed by atoms with Crippen LogP contribution in [-0.2, 0) is 41.5 Å². The van der Waals surface area contributed by atoms with Gasteiger partial charge in [-0.25, -0.2) is 14.4 Å². The van der Waals surface area contributed by atoms with Gasteiger partial charge >= 0.3 is 23.8 Å². The first-order valence-electron chi connectivity index (χ1n) is 17.8. The summed E-state index contributed by atoms with van der Waals surface area (Å²) in [6.45, 7) is 5.72. The van der Waals surface area contributed by atoms with Crippen LogP contribution in [0.1, 0.15) is 44.7 Å². The molecule has 0 heterocycles. The van der Waals surface area contributed by atoms with Gasteiger partial charge in [0.1, 0.15) is 0 Å². The fourth-order valence-electron chi connectivity index (χ4n) is 5.41. The number of aliphatic carboxylic acids is 1. The molecule has 4 atom stereocenters. The number of aliphatic hydroxyl groups excluding tert-OH is 2. The molecule has 0 radical (unpaired) electrons. The van der Waals surface area contributed by atoms with Gasteiger partial charge in [0, 0.05) is 28.5 Å². The molecular weight excluding hydrogens is 747 g/mol. The number of carboxylic acids is 1. The number of nitrogens with two attached hydrogens (primary N) is 1. The molecule has 0 aliphatic heterocycles. The molecule has 0 spiro atoms. The Kier molecular flexibility index (Phi) is 18.3. The fourth-order valence-corrected chi connectivity index (χ4v) is 5.79. The minimum absolute atomic E-state index is 0.0689. The van der Waals surface area contributed by atoms with Gasteiger partial charge < -0.3 is 35.8 Å². The molecule has 4 aromatic rings. The average molecular weight is 796 g/mol. The van der Waals surface area contributed by atoms with E-state index >= 15 is 0 Å². The number of hydrogen-bond acceptors (Lipinski definition) is 9. The second kappa shape index (κ2) is 22.6. The third-order valence-corrected chi connectivity index (χ3v) is 8.62. The van der Waals surface area contributed by atoms with Crippen molar-refractivity contribution in [3.8, 4) is 22.3 Å². The second-order valence-corrected chi connectivity index (χ2v) is 14.2. The highest BCUT2D eigenvalue weighted by atomic mass is 35.5. The normalized spacial score (nSPS) is 13.0. The lowest BCUT2D eigenvalue weighted by molar-refractivity contribution is -0.156. The Bertz CT molecular complexity index is 1850. The number of carbonyl (C=O) groups is 4. The molecule has 55 heavy (non-hydrogen) atoms. The highest BCUT2D eigenvalue weighted by molar-refractivity contribution is 6.32. The molecule has 0 unspecified atom stereocenters. The Labute approximate surface area is 331 Å². The Morgan fingerprint density at radius 2 is 1.22 bits per heavy atom. The highest BCUT2D eigenvalue weighted by Crippen LogP contribution is 2.25. The van der Waals surface area contributed by atoms with Crippen molar-refractivity contribution in [2.24, 2.45) is 11.7 Å². The number of rotatable bonds is 16. The molecule has 6 N–H and O–H groups in total. The van der Waals surface area contributed by atoms with Crippen LogP contribution in [0.4, 0.5) is 0 Å². The van der Waals surface area contributed by atoms with Gasteiger partial charge in [-0.15, -0.1) is 0 Å². The van der Waals surface area contributed by atoms with Crippen molar-refractivity contribution in [2.45, 2.75) is 70.7 Å². The van der Waals surface area contributed by atoms with E-state index in [1.807, 2.05) is 105 Å². The maximum absolute atomic E-state index is 12.2. The van der Waals surface area contributed by atoms with E-state index in [2.05, 4.69) is 5.32 Å². The van der Waals surface area contributed by atoms with Gasteiger partial charge in [-0.2, -0.15) is 0 Å². The standard InChI is InChI=1S/C23H26ClNO6.C19H22ClNO3/c1-14(2)13-31-23(30)21(27)25-19(12-20(26)22(28)29)10-15-6-8-16(9-7-15)17-4-3-5-18(24)11-17;1-2-24-19(23)18(22)12-17(21)10-13-6-8-14(9-7-13)15-4-3-5-16(20)11-15/h3-9,11,14,19-20,26H,10,12-13H2,1-2H3,(H,25,27)(H,28,29);3-9,11,17-18,22H,2,10,12,21H2,1H3/t19-,20-;17-,18-/m11/s1. The molecule has 0 bridgehead atoms. The van der Waals surface area contributed by atoms with Crippen molar-refractivity contribution >= 4 is 47.0 Å². The van der Waals surface area contributed by atoms with E-state index in [-0.39, 0.29) is 44.4 Å². The molecule has 0 saturated carbocycles. The highest BCUT2D eigenvalue weighted by Gasteiger charge is 2.25. The number of nitrogens with one attached hydrogen (secondary N) is 1. The van der Waals surface area contributed by atoms with Crippen LogP contribution in [0.15, 0.2) is 97.1 Å². The summed E-state index contributed by atoms with van der Waals surface area (Å²) in [5.74, 6) is -3.97. The summed E-state index contributed by atoms with van der Waals surface area (Å²) >= 11 is 12.0. The maximum atomic E-state index is 12.2. The predicted octanol–water partition coefficient (Wildman–Crippen LogP) is 6.26. The number of hydrogen-bond donors (Lipinski definition) is 5. The fraction of sp³-hybridized carbons (Fsp3) is 0.333. The number of esters is 2. The SMILES string of the molecule is CC(C)COC(=O)C(=O)N[C@H](Cc1ccc(-c2cccc(Cl)c2)cc1)C[C@@H](O)C(=O)O.CCOC(=O)[C@H](O)C[C@H](N)Cc1ccc(-c2cccc(Cl)c2)cc1. The lowest BCUT2D eigenvalue weighted by atomic mass is 9.98. The van der Waals surface area contributed by atoms with E-state index in [1.165, 1.54) is 0 Å². The molecule has 1 amide bonds. The predicted molar refractivity (Wildman–Crippen MR) is 212 cm³/mol. The number of ether oxygens (including phenoxy) is 2. The minimum Gasteiger partial charge on any atom is -0.479 e. The Balaban J connectivity index is 0.000000305. The van der Waals surface area contributed by atoms with E-state index in [4.69, 9.17) is 43.5 Å². The maximum Gasteiger partial charge on any atom is 0.396 e. The van der Waals surface area contributed by atoms with Gasteiger partial charge in [0.15, 0.2) is 12.2 Å². The summed E-state index contributed by atoms with van der Waals surface area (Å²) in [6.07, 6.45) is -2.13. The first kappa shape index (κ1) is 44.6. The molecule has 11 nitrogen and oxygen atoms in total. The van der Waals surface area contributed by atoms with E-state index < -0.39 is 42.1 Å². The number of amides is 1. The summed E-state index contributed by atoms with van der Waals surface area (Å²) in [5.41, 5.74) is 11.9. The van der Waals surface area contributed by atoms with Gasteiger partial charge in [-0.1, -0.05) is 110 Å². The largest absolute Gasteiger partial charge is 0.479 e. The Morgan fingerprint density at radius 1 is 0.709 bits per heavy atom.